The van der Waals surface area contributed by atoms with Gasteiger partial charge in [0, 0.05) is 72.0 Å². The summed E-state index contributed by atoms with van der Waals surface area (Å²) in [5.41, 5.74) is 12.2. The van der Waals surface area contributed by atoms with Crippen LogP contribution >= 0.6 is 0 Å². The van der Waals surface area contributed by atoms with E-state index in [2.05, 4.69) is 204 Å². The fraction of sp³-hybridized carbons (Fsp3) is 0. The first-order valence-corrected chi connectivity index (χ1v) is 20.4. The zero-order chi connectivity index (χ0) is 39.3. The van der Waals surface area contributed by atoms with Gasteiger partial charge in [0.05, 0.1) is 16.7 Å². The highest BCUT2D eigenvalue weighted by atomic mass is 16.3. The molecule has 0 aliphatic rings. The van der Waals surface area contributed by atoms with Gasteiger partial charge in [0.25, 0.3) is 0 Å². The van der Waals surface area contributed by atoms with Gasteiger partial charge in [0.1, 0.15) is 22.3 Å². The Morgan fingerprint density at radius 3 is 1.80 bits per heavy atom. The van der Waals surface area contributed by atoms with Gasteiger partial charge in [-0.15, -0.1) is 0 Å². The molecule has 0 atom stereocenters. The van der Waals surface area contributed by atoms with Crippen LogP contribution in [0.4, 0.5) is 17.1 Å². The average Bonchev–Trinajstić information content (AvgIpc) is 3.99. The summed E-state index contributed by atoms with van der Waals surface area (Å²) >= 11 is 0. The van der Waals surface area contributed by atoms with E-state index in [0.717, 1.165) is 94.2 Å². The smallest absolute Gasteiger partial charge is 0.143 e. The standard InChI is InChI=1S/C56H34N2O2/c1-2-16-36(17-3-1)57(48-33-35-15-4-5-18-39(35)40-19-6-7-20-41(40)48)37-29-31-38(32-30-37)58-47-26-11-8-22-44(47)53-49(58)34-52-54(45-23-10-13-28-51(45)59-52)55(53)46-25-14-24-43-42-21-9-12-27-50(42)60-56(43)46/h1-34H. The number of hydrogen-bond donors (Lipinski definition) is 0. The molecule has 4 heteroatoms. The van der Waals surface area contributed by atoms with E-state index >= 15 is 0 Å². The zero-order valence-electron chi connectivity index (χ0n) is 32.3. The Hall–Kier alpha value is -8.08. The Bertz CT molecular complexity index is 3830. The first kappa shape index (κ1) is 32.9. The summed E-state index contributed by atoms with van der Waals surface area (Å²) in [6.07, 6.45) is 0. The molecule has 13 aromatic rings. The predicted molar refractivity (Wildman–Crippen MR) is 250 cm³/mol. The van der Waals surface area contributed by atoms with Crippen molar-refractivity contribution >= 4 is 104 Å². The molecule has 280 valence electrons. The second-order valence-corrected chi connectivity index (χ2v) is 15.6. The van der Waals surface area contributed by atoms with Crippen molar-refractivity contribution < 1.29 is 8.83 Å². The quantitative estimate of drug-likeness (QED) is 0.164. The van der Waals surface area contributed by atoms with Crippen LogP contribution in [-0.2, 0) is 0 Å². The zero-order valence-corrected chi connectivity index (χ0v) is 32.3. The van der Waals surface area contributed by atoms with Crippen LogP contribution in [0.5, 0.6) is 0 Å². The van der Waals surface area contributed by atoms with Crippen LogP contribution in [0.2, 0.25) is 0 Å². The first-order valence-electron chi connectivity index (χ1n) is 20.4. The van der Waals surface area contributed by atoms with Crippen LogP contribution in [0.15, 0.2) is 215 Å². The molecule has 0 spiro atoms. The third-order valence-electron chi connectivity index (χ3n) is 12.3. The first-order chi connectivity index (χ1) is 29.8. The number of anilines is 3. The lowest BCUT2D eigenvalue weighted by Gasteiger charge is -2.27. The number of para-hydroxylation sites is 5. The molecule has 4 nitrogen and oxygen atoms in total. The van der Waals surface area contributed by atoms with Gasteiger partial charge in [-0.3, -0.25) is 0 Å². The number of fused-ring (bicyclic) bond motifs is 12. The lowest BCUT2D eigenvalue weighted by Crippen LogP contribution is -2.10. The highest BCUT2D eigenvalue weighted by Gasteiger charge is 2.25. The van der Waals surface area contributed by atoms with Crippen molar-refractivity contribution in [2.24, 2.45) is 0 Å². The highest BCUT2D eigenvalue weighted by molar-refractivity contribution is 6.29. The number of benzene rings is 10. The SMILES string of the molecule is c1ccc(N(c2ccc(-n3c4ccccc4c4c(-c5cccc6c5oc5ccccc56)c5c(cc43)oc3ccccc35)cc2)c2cc3ccccc3c3ccccc23)cc1. The van der Waals surface area contributed by atoms with Crippen LogP contribution in [0, 0.1) is 0 Å². The van der Waals surface area contributed by atoms with Crippen LogP contribution in [-0.4, -0.2) is 4.57 Å². The molecule has 0 amide bonds. The molecule has 0 saturated carbocycles. The topological polar surface area (TPSA) is 34.5 Å². The third-order valence-corrected chi connectivity index (χ3v) is 12.3. The minimum atomic E-state index is 0.839. The van der Waals surface area contributed by atoms with E-state index in [-0.39, 0.29) is 0 Å². The van der Waals surface area contributed by atoms with E-state index in [1.54, 1.807) is 0 Å². The maximum absolute atomic E-state index is 6.74. The van der Waals surface area contributed by atoms with E-state index in [9.17, 15) is 0 Å². The Morgan fingerprint density at radius 1 is 0.367 bits per heavy atom. The van der Waals surface area contributed by atoms with Crippen molar-refractivity contribution in [2.45, 2.75) is 0 Å². The van der Waals surface area contributed by atoms with Gasteiger partial charge in [0.15, 0.2) is 0 Å². The number of furan rings is 2. The Kier molecular flexibility index (Phi) is 6.98. The number of nitrogens with zero attached hydrogens (tertiary/aromatic N) is 2. The summed E-state index contributed by atoms with van der Waals surface area (Å²) in [5, 5.41) is 11.6. The van der Waals surface area contributed by atoms with Crippen molar-refractivity contribution in [1.82, 2.24) is 4.57 Å². The van der Waals surface area contributed by atoms with Gasteiger partial charge in [-0.2, -0.15) is 0 Å². The van der Waals surface area contributed by atoms with Crippen LogP contribution in [0.3, 0.4) is 0 Å². The minimum absolute atomic E-state index is 0.839. The number of hydrogen-bond acceptors (Lipinski definition) is 3. The predicted octanol–water partition coefficient (Wildman–Crippen LogP) is 16.0. The maximum Gasteiger partial charge on any atom is 0.143 e. The lowest BCUT2D eigenvalue weighted by molar-refractivity contribution is 0.669. The Labute approximate surface area is 344 Å². The molecule has 10 aromatic carbocycles. The molecular formula is C56H34N2O2. The van der Waals surface area contributed by atoms with Crippen molar-refractivity contribution in [3.63, 3.8) is 0 Å². The molecular weight excluding hydrogens is 733 g/mol. The second kappa shape index (κ2) is 12.7. The summed E-state index contributed by atoms with van der Waals surface area (Å²) in [7, 11) is 0. The van der Waals surface area contributed by atoms with E-state index in [0.29, 0.717) is 0 Å². The van der Waals surface area contributed by atoms with E-state index in [1.165, 1.54) is 26.9 Å². The molecule has 60 heavy (non-hydrogen) atoms. The second-order valence-electron chi connectivity index (χ2n) is 15.6. The van der Waals surface area contributed by atoms with E-state index in [1.807, 2.05) is 12.1 Å². The van der Waals surface area contributed by atoms with E-state index < -0.39 is 0 Å². The monoisotopic (exact) mass is 766 g/mol. The van der Waals surface area contributed by atoms with Gasteiger partial charge in [-0.1, -0.05) is 140 Å². The van der Waals surface area contributed by atoms with Gasteiger partial charge in [-0.25, -0.2) is 0 Å². The fourth-order valence-electron chi connectivity index (χ4n) is 9.80. The Balaban J connectivity index is 1.08. The largest absolute Gasteiger partial charge is 0.456 e. The fourth-order valence-corrected chi connectivity index (χ4v) is 9.80. The summed E-state index contributed by atoms with van der Waals surface area (Å²) in [6.45, 7) is 0. The summed E-state index contributed by atoms with van der Waals surface area (Å²) in [5.74, 6) is 0. The van der Waals surface area contributed by atoms with Gasteiger partial charge >= 0.3 is 0 Å². The molecule has 0 saturated heterocycles. The van der Waals surface area contributed by atoms with Crippen molar-refractivity contribution in [3.05, 3.63) is 206 Å². The normalized spacial score (nSPS) is 12.0. The molecule has 3 heterocycles. The molecule has 0 unspecified atom stereocenters. The molecule has 0 aliphatic heterocycles. The van der Waals surface area contributed by atoms with E-state index in [4.69, 9.17) is 8.83 Å². The molecule has 3 aromatic heterocycles. The molecule has 0 N–H and O–H groups in total. The van der Waals surface area contributed by atoms with Gasteiger partial charge < -0.3 is 18.3 Å². The minimum Gasteiger partial charge on any atom is -0.456 e. The molecule has 0 bridgehead atoms. The van der Waals surface area contributed by atoms with Crippen LogP contribution in [0.25, 0.3) is 104 Å². The van der Waals surface area contributed by atoms with Crippen molar-refractivity contribution in [3.8, 4) is 16.8 Å². The highest BCUT2D eigenvalue weighted by Crippen LogP contribution is 2.49. The third kappa shape index (κ3) is 4.73. The van der Waals surface area contributed by atoms with Crippen LogP contribution < -0.4 is 4.90 Å². The Morgan fingerprint density at radius 2 is 0.983 bits per heavy atom. The lowest BCUT2D eigenvalue weighted by atomic mass is 9.93. The number of aromatic nitrogens is 1. The van der Waals surface area contributed by atoms with Crippen LogP contribution in [0.1, 0.15) is 0 Å². The molecule has 0 radical (unpaired) electrons. The number of rotatable bonds is 5. The van der Waals surface area contributed by atoms with Gasteiger partial charge in [0.2, 0.25) is 0 Å². The molecule has 0 aliphatic carbocycles. The van der Waals surface area contributed by atoms with Gasteiger partial charge in [-0.05, 0) is 76.8 Å². The summed E-state index contributed by atoms with van der Waals surface area (Å²) in [4.78, 5) is 2.38. The van der Waals surface area contributed by atoms with Crippen molar-refractivity contribution in [1.29, 1.82) is 0 Å². The average molecular weight is 767 g/mol. The molecule has 0 fully saturated rings. The maximum atomic E-state index is 6.74. The summed E-state index contributed by atoms with van der Waals surface area (Å²) in [6, 6.07) is 73.6. The summed E-state index contributed by atoms with van der Waals surface area (Å²) < 4.78 is 15.9. The molecule has 13 rings (SSSR count). The van der Waals surface area contributed by atoms with Crippen molar-refractivity contribution in [2.75, 3.05) is 4.90 Å².